The first-order chi connectivity index (χ1) is 17.8. The fourth-order valence-electron chi connectivity index (χ4n) is 7.83. The van der Waals surface area contributed by atoms with Crippen molar-refractivity contribution in [1.29, 1.82) is 0 Å². The van der Waals surface area contributed by atoms with Crippen LogP contribution >= 0.6 is 15.9 Å². The van der Waals surface area contributed by atoms with Gasteiger partial charge in [-0.2, -0.15) is 0 Å². The van der Waals surface area contributed by atoms with Crippen molar-refractivity contribution < 1.29 is 14.4 Å². The third-order valence-corrected chi connectivity index (χ3v) is 9.49. The highest BCUT2D eigenvalue weighted by Gasteiger charge is 2.81. The molecule has 7 rings (SSSR count). The van der Waals surface area contributed by atoms with Crippen molar-refractivity contribution in [2.24, 2.45) is 5.92 Å². The largest absolute Gasteiger partial charge is 0.325 e. The number of rotatable bonds is 2. The van der Waals surface area contributed by atoms with Gasteiger partial charge in [0.25, 0.3) is 5.91 Å². The van der Waals surface area contributed by atoms with Crippen molar-refractivity contribution in [1.82, 2.24) is 4.90 Å². The van der Waals surface area contributed by atoms with Crippen molar-refractivity contribution in [2.75, 3.05) is 17.2 Å². The maximum absolute atomic E-state index is 14.6. The van der Waals surface area contributed by atoms with Crippen LogP contribution in [0.2, 0.25) is 0 Å². The molecule has 0 unspecified atom stereocenters. The summed E-state index contributed by atoms with van der Waals surface area (Å²) >= 11 is 3.47. The maximum atomic E-state index is 14.6. The molecule has 0 saturated carbocycles. The number of fused-ring (bicyclic) bond motifs is 7. The zero-order valence-corrected chi connectivity index (χ0v) is 22.2. The van der Waals surface area contributed by atoms with E-state index in [1.165, 1.54) is 0 Å². The van der Waals surface area contributed by atoms with E-state index in [0.29, 0.717) is 17.8 Å². The minimum atomic E-state index is -1.41. The van der Waals surface area contributed by atoms with Crippen LogP contribution in [0.4, 0.5) is 11.4 Å². The molecular weight excluding hydrogens is 530 g/mol. The topological polar surface area (TPSA) is 78.5 Å². The molecule has 2 amide bonds. The van der Waals surface area contributed by atoms with E-state index < -0.39 is 16.9 Å². The summed E-state index contributed by atoms with van der Waals surface area (Å²) < 4.78 is 0.878. The summed E-state index contributed by atoms with van der Waals surface area (Å²) in [6.45, 7) is 4.65. The molecule has 4 atom stereocenters. The van der Waals surface area contributed by atoms with Crippen LogP contribution in [0.5, 0.6) is 0 Å². The monoisotopic (exact) mass is 555 g/mol. The van der Waals surface area contributed by atoms with E-state index in [4.69, 9.17) is 0 Å². The van der Waals surface area contributed by atoms with Gasteiger partial charge in [-0.25, -0.2) is 0 Å². The number of hydrogen-bond donors (Lipinski definition) is 2. The number of benzene rings is 3. The molecule has 0 aliphatic carbocycles. The Hall–Kier alpha value is -3.29. The summed E-state index contributed by atoms with van der Waals surface area (Å²) in [5, 5.41) is 6.26. The smallest absolute Gasteiger partial charge is 0.251 e. The lowest BCUT2D eigenvalue weighted by molar-refractivity contribution is -0.137. The fourth-order valence-corrected chi connectivity index (χ4v) is 8.09. The van der Waals surface area contributed by atoms with E-state index in [9.17, 15) is 14.4 Å². The summed E-state index contributed by atoms with van der Waals surface area (Å²) in [4.78, 5) is 45.7. The normalized spacial score (nSPS) is 29.4. The van der Waals surface area contributed by atoms with E-state index in [-0.39, 0.29) is 23.6 Å². The molecule has 2 N–H and O–H groups in total. The predicted molar refractivity (Wildman–Crippen MR) is 145 cm³/mol. The number of carbonyl (C=O) groups excluding carboxylic acids is 3. The molecule has 4 aliphatic rings. The van der Waals surface area contributed by atoms with Gasteiger partial charge in [-0.1, -0.05) is 64.0 Å². The molecule has 7 heteroatoms. The van der Waals surface area contributed by atoms with Crippen LogP contribution in [0.25, 0.3) is 0 Å². The van der Waals surface area contributed by atoms with Gasteiger partial charge in [-0.05, 0) is 62.6 Å². The molecule has 0 radical (unpaired) electrons. The Morgan fingerprint density at radius 2 is 1.73 bits per heavy atom. The van der Waals surface area contributed by atoms with Gasteiger partial charge in [0.15, 0.2) is 5.78 Å². The van der Waals surface area contributed by atoms with Crippen LogP contribution in [0, 0.1) is 19.8 Å². The lowest BCUT2D eigenvalue weighted by Gasteiger charge is -2.43. The van der Waals surface area contributed by atoms with Gasteiger partial charge < -0.3 is 10.6 Å². The number of Topliss-reactive ketones (excluding diaryl/α,β-unsaturated/α-hetero) is 1. The molecule has 0 aromatic heterocycles. The van der Waals surface area contributed by atoms with Gasteiger partial charge in [-0.15, -0.1) is 0 Å². The van der Waals surface area contributed by atoms with E-state index in [2.05, 4.69) is 31.5 Å². The standard InChI is InChI=1S/C30H26BrN3O3/c1-16-14-17(2)25-21(15-16)30(28(37)33-25)29(20-6-3-4-7-22(20)32-27(29)36)24(23-8-5-13-34(23)30)26(35)18-9-11-19(31)12-10-18/h3-4,6-7,9-12,14-15,23-24H,5,8,13H2,1-2H3,(H,32,36)(H,33,37)/t23-,24+,29+,30+/m1/s1. The van der Waals surface area contributed by atoms with Crippen LogP contribution in [-0.2, 0) is 20.5 Å². The van der Waals surface area contributed by atoms with Crippen LogP contribution in [0.3, 0.4) is 0 Å². The lowest BCUT2D eigenvalue weighted by atomic mass is 9.57. The van der Waals surface area contributed by atoms with Crippen LogP contribution in [-0.4, -0.2) is 35.1 Å². The summed E-state index contributed by atoms with van der Waals surface area (Å²) in [7, 11) is 0. The van der Waals surface area contributed by atoms with Crippen molar-refractivity contribution in [3.8, 4) is 0 Å². The number of nitrogens with zero attached hydrogens (tertiary/aromatic N) is 1. The Morgan fingerprint density at radius 1 is 0.973 bits per heavy atom. The Kier molecular flexibility index (Phi) is 4.71. The SMILES string of the molecule is Cc1cc(C)c2c(c1)[C@@]1(C(=O)N2)N2CCC[C@@H]2[C@@H](C(=O)c2ccc(Br)cc2)[C@@]12C(=O)Nc1ccccc12. The Morgan fingerprint density at radius 3 is 2.51 bits per heavy atom. The van der Waals surface area contributed by atoms with Crippen LogP contribution in [0.15, 0.2) is 65.1 Å². The third-order valence-electron chi connectivity index (χ3n) is 8.96. The minimum absolute atomic E-state index is 0.0984. The zero-order valence-electron chi connectivity index (χ0n) is 20.6. The Bertz CT molecular complexity index is 1530. The van der Waals surface area contributed by atoms with Crippen LogP contribution < -0.4 is 10.6 Å². The van der Waals surface area contributed by atoms with Crippen molar-refractivity contribution >= 4 is 44.9 Å². The summed E-state index contributed by atoms with van der Waals surface area (Å²) in [6.07, 6.45) is 1.61. The molecule has 2 saturated heterocycles. The number of nitrogens with one attached hydrogen (secondary N) is 2. The van der Waals surface area contributed by atoms with Gasteiger partial charge in [0.05, 0.1) is 5.92 Å². The van der Waals surface area contributed by atoms with E-state index in [1.54, 1.807) is 12.1 Å². The highest BCUT2D eigenvalue weighted by Crippen LogP contribution is 2.68. The number of carbonyl (C=O) groups is 3. The molecule has 2 fully saturated rings. The zero-order chi connectivity index (χ0) is 25.7. The van der Waals surface area contributed by atoms with Crippen molar-refractivity contribution in [3.63, 3.8) is 0 Å². The van der Waals surface area contributed by atoms with E-state index >= 15 is 0 Å². The first kappa shape index (κ1) is 22.9. The molecular formula is C30H26BrN3O3. The van der Waals surface area contributed by atoms with Crippen molar-refractivity contribution in [3.05, 3.63) is 93.0 Å². The van der Waals surface area contributed by atoms with E-state index in [0.717, 1.165) is 45.3 Å². The van der Waals surface area contributed by atoms with E-state index in [1.807, 2.05) is 62.4 Å². The fraction of sp³-hybridized carbons (Fsp3) is 0.300. The lowest BCUT2D eigenvalue weighted by Crippen LogP contribution is -2.62. The van der Waals surface area contributed by atoms with Gasteiger partial charge in [0, 0.05) is 33.0 Å². The minimum Gasteiger partial charge on any atom is -0.325 e. The highest BCUT2D eigenvalue weighted by atomic mass is 79.9. The molecule has 4 aliphatic heterocycles. The average Bonchev–Trinajstić information content (AvgIpc) is 3.59. The molecule has 4 heterocycles. The first-order valence-corrected chi connectivity index (χ1v) is 13.5. The maximum Gasteiger partial charge on any atom is 0.251 e. The predicted octanol–water partition coefficient (Wildman–Crippen LogP) is 5.08. The van der Waals surface area contributed by atoms with Crippen LogP contribution in [0.1, 0.15) is 45.5 Å². The van der Waals surface area contributed by atoms with Crippen molar-refractivity contribution in [2.45, 2.75) is 43.7 Å². The van der Waals surface area contributed by atoms with Gasteiger partial charge >= 0.3 is 0 Å². The number of halogens is 1. The molecule has 37 heavy (non-hydrogen) atoms. The molecule has 0 bridgehead atoms. The Labute approximate surface area is 223 Å². The second-order valence-corrected chi connectivity index (χ2v) is 11.6. The van der Waals surface area contributed by atoms with Gasteiger partial charge in [0.2, 0.25) is 5.91 Å². The summed E-state index contributed by atoms with van der Waals surface area (Å²) in [5.41, 5.74) is 2.76. The summed E-state index contributed by atoms with van der Waals surface area (Å²) in [5.74, 6) is -1.32. The number of aryl methyl sites for hydroxylation is 2. The second-order valence-electron chi connectivity index (χ2n) is 10.7. The second kappa shape index (κ2) is 7.62. The third kappa shape index (κ3) is 2.61. The first-order valence-electron chi connectivity index (χ1n) is 12.7. The molecule has 2 spiro atoms. The number of para-hydroxylation sites is 1. The highest BCUT2D eigenvalue weighted by molar-refractivity contribution is 9.10. The quantitative estimate of drug-likeness (QED) is 0.432. The molecule has 6 nitrogen and oxygen atoms in total. The average molecular weight is 556 g/mol. The number of ketones is 1. The summed E-state index contributed by atoms with van der Waals surface area (Å²) in [6, 6.07) is 18.7. The Balaban J connectivity index is 1.60. The molecule has 3 aromatic rings. The molecule has 3 aromatic carbocycles. The number of amides is 2. The number of anilines is 2. The van der Waals surface area contributed by atoms with Gasteiger partial charge in [0.1, 0.15) is 11.0 Å². The van der Waals surface area contributed by atoms with Gasteiger partial charge in [-0.3, -0.25) is 19.3 Å². The molecule has 186 valence electrons. The number of hydrogen-bond acceptors (Lipinski definition) is 4.